The van der Waals surface area contributed by atoms with Gasteiger partial charge in [-0.25, -0.2) is 4.18 Å². The summed E-state index contributed by atoms with van der Waals surface area (Å²) >= 11 is -2.37. The Bertz CT molecular complexity index is 258. The van der Waals surface area contributed by atoms with Gasteiger partial charge in [0.2, 0.25) is 0 Å². The third-order valence-electron chi connectivity index (χ3n) is 0.994. The van der Waals surface area contributed by atoms with Gasteiger partial charge in [0, 0.05) is 0 Å². The first-order chi connectivity index (χ1) is 5.81. The van der Waals surface area contributed by atoms with E-state index in [4.69, 9.17) is 9.11 Å². The molecule has 9 heteroatoms. The third kappa shape index (κ3) is 9.86. The minimum absolute atomic E-state index is 0.0755. The summed E-state index contributed by atoms with van der Waals surface area (Å²) in [7, 11) is -4.47. The number of hydrogen-bond acceptors (Lipinski definition) is 5. The van der Waals surface area contributed by atoms with Crippen molar-refractivity contribution in [3.8, 4) is 0 Å². The molecule has 2 N–H and O–H groups in total. The Hall–Kier alpha value is -0.0600. The molecule has 13 heavy (non-hydrogen) atoms. The standard InChI is InChI=1S/C4H10O7S2/c1-4(11-13(7,8)9)2-3-10-12(5)6/h4H,2-3H2,1H3,(H,5,6)(H,7,8,9). The average Bonchev–Trinajstić information content (AvgIpc) is 1.81. The minimum Gasteiger partial charge on any atom is -0.284 e. The van der Waals surface area contributed by atoms with Crippen molar-refractivity contribution in [2.45, 2.75) is 19.4 Å². The lowest BCUT2D eigenvalue weighted by atomic mass is 10.3. The van der Waals surface area contributed by atoms with Gasteiger partial charge in [-0.3, -0.25) is 13.3 Å². The molecule has 0 heterocycles. The summed E-state index contributed by atoms with van der Waals surface area (Å²) in [5.74, 6) is 0. The summed E-state index contributed by atoms with van der Waals surface area (Å²) in [6.45, 7) is 1.23. The van der Waals surface area contributed by atoms with Gasteiger partial charge in [0.05, 0.1) is 12.7 Å². The maximum atomic E-state index is 10.1. The highest BCUT2D eigenvalue weighted by atomic mass is 32.3. The number of rotatable bonds is 6. The molecule has 0 rings (SSSR count). The summed E-state index contributed by atoms with van der Waals surface area (Å²) in [5, 5.41) is 0. The third-order valence-corrected chi connectivity index (χ3v) is 1.93. The molecule has 2 unspecified atom stereocenters. The fourth-order valence-corrected chi connectivity index (χ4v) is 1.29. The molecule has 0 radical (unpaired) electrons. The van der Waals surface area contributed by atoms with Crippen LogP contribution >= 0.6 is 0 Å². The summed E-state index contributed by atoms with van der Waals surface area (Å²) in [5.41, 5.74) is 0. The summed E-state index contributed by atoms with van der Waals surface area (Å²) in [6, 6.07) is 0. The lowest BCUT2D eigenvalue weighted by Crippen LogP contribution is -2.16. The molecule has 0 aliphatic heterocycles. The lowest BCUT2D eigenvalue weighted by molar-refractivity contribution is 0.165. The van der Waals surface area contributed by atoms with Gasteiger partial charge in [0.1, 0.15) is 0 Å². The quantitative estimate of drug-likeness (QED) is 0.481. The zero-order valence-electron chi connectivity index (χ0n) is 6.74. The molecule has 0 saturated heterocycles. The normalized spacial score (nSPS) is 16.8. The van der Waals surface area contributed by atoms with Crippen LogP contribution in [0, 0.1) is 0 Å². The fraction of sp³-hybridized carbons (Fsp3) is 1.00. The maximum Gasteiger partial charge on any atom is 0.397 e. The lowest BCUT2D eigenvalue weighted by Gasteiger charge is -2.08. The molecular formula is C4H10O7S2. The minimum atomic E-state index is -4.47. The van der Waals surface area contributed by atoms with Crippen LogP contribution in [-0.4, -0.2) is 34.4 Å². The summed E-state index contributed by atoms with van der Waals surface area (Å²) in [4.78, 5) is 0. The zero-order chi connectivity index (χ0) is 10.5. The molecule has 0 saturated carbocycles. The molecule has 0 aliphatic rings. The van der Waals surface area contributed by atoms with Gasteiger partial charge in [0.25, 0.3) is 0 Å². The van der Waals surface area contributed by atoms with Gasteiger partial charge in [-0.2, -0.15) is 12.6 Å². The van der Waals surface area contributed by atoms with Crippen LogP contribution in [0.1, 0.15) is 13.3 Å². The van der Waals surface area contributed by atoms with Crippen molar-refractivity contribution >= 4 is 21.8 Å². The molecule has 80 valence electrons. The van der Waals surface area contributed by atoms with E-state index in [0.29, 0.717) is 0 Å². The van der Waals surface area contributed by atoms with Crippen LogP contribution in [0.4, 0.5) is 0 Å². The Morgan fingerprint density at radius 3 is 2.46 bits per heavy atom. The number of hydrogen-bond donors (Lipinski definition) is 2. The Kier molecular flexibility index (Phi) is 5.60. The molecule has 0 aromatic carbocycles. The zero-order valence-corrected chi connectivity index (χ0v) is 8.38. The second-order valence-electron chi connectivity index (χ2n) is 2.16. The Balaban J connectivity index is 3.64. The second-order valence-corrected chi connectivity index (χ2v) is 3.88. The second kappa shape index (κ2) is 5.62. The van der Waals surface area contributed by atoms with Crippen LogP contribution in [0.25, 0.3) is 0 Å². The highest BCUT2D eigenvalue weighted by Crippen LogP contribution is 2.01. The Morgan fingerprint density at radius 2 is 2.08 bits per heavy atom. The van der Waals surface area contributed by atoms with E-state index in [9.17, 15) is 12.6 Å². The molecule has 0 amide bonds. The fourth-order valence-electron chi connectivity index (χ4n) is 0.541. The first-order valence-corrected chi connectivity index (χ1v) is 5.61. The van der Waals surface area contributed by atoms with E-state index in [1.165, 1.54) is 6.92 Å². The highest BCUT2D eigenvalue weighted by Gasteiger charge is 2.12. The maximum absolute atomic E-state index is 10.1. The molecular weight excluding hydrogens is 224 g/mol. The Morgan fingerprint density at radius 1 is 1.54 bits per heavy atom. The van der Waals surface area contributed by atoms with Crippen molar-refractivity contribution in [2.75, 3.05) is 6.61 Å². The van der Waals surface area contributed by atoms with E-state index in [-0.39, 0.29) is 13.0 Å². The van der Waals surface area contributed by atoms with E-state index >= 15 is 0 Å². The van der Waals surface area contributed by atoms with Crippen molar-refractivity contribution in [2.24, 2.45) is 0 Å². The van der Waals surface area contributed by atoms with Crippen LogP contribution in [0.2, 0.25) is 0 Å². The largest absolute Gasteiger partial charge is 0.397 e. The van der Waals surface area contributed by atoms with E-state index in [2.05, 4.69) is 8.37 Å². The van der Waals surface area contributed by atoms with E-state index < -0.39 is 27.9 Å². The first kappa shape index (κ1) is 12.9. The smallest absolute Gasteiger partial charge is 0.284 e. The van der Waals surface area contributed by atoms with Crippen LogP contribution in [-0.2, 0) is 30.1 Å². The molecule has 0 bridgehead atoms. The molecule has 7 nitrogen and oxygen atoms in total. The molecule has 0 aliphatic carbocycles. The van der Waals surface area contributed by atoms with E-state index in [0.717, 1.165) is 0 Å². The van der Waals surface area contributed by atoms with Crippen molar-refractivity contribution in [1.82, 2.24) is 0 Å². The van der Waals surface area contributed by atoms with Crippen LogP contribution < -0.4 is 0 Å². The Labute approximate surface area is 78.5 Å². The molecule has 0 spiro atoms. The first-order valence-electron chi connectivity index (χ1n) is 3.21. The molecule has 0 aromatic rings. The van der Waals surface area contributed by atoms with Gasteiger partial charge in [-0.05, 0) is 13.3 Å². The van der Waals surface area contributed by atoms with Gasteiger partial charge >= 0.3 is 21.8 Å². The van der Waals surface area contributed by atoms with E-state index in [1.54, 1.807) is 0 Å². The van der Waals surface area contributed by atoms with E-state index in [1.807, 2.05) is 0 Å². The average molecular weight is 234 g/mol. The molecule has 0 aromatic heterocycles. The van der Waals surface area contributed by atoms with Gasteiger partial charge in [0.15, 0.2) is 0 Å². The molecule has 0 fully saturated rings. The van der Waals surface area contributed by atoms with Crippen LogP contribution in [0.15, 0.2) is 0 Å². The van der Waals surface area contributed by atoms with Crippen molar-refractivity contribution in [3.63, 3.8) is 0 Å². The van der Waals surface area contributed by atoms with Gasteiger partial charge in [-0.1, -0.05) is 0 Å². The summed E-state index contributed by atoms with van der Waals surface area (Å²) < 4.78 is 54.8. The predicted molar refractivity (Wildman–Crippen MR) is 43.4 cm³/mol. The van der Waals surface area contributed by atoms with Crippen molar-refractivity contribution < 1.29 is 30.1 Å². The van der Waals surface area contributed by atoms with Crippen LogP contribution in [0.3, 0.4) is 0 Å². The van der Waals surface area contributed by atoms with Gasteiger partial charge in [-0.15, -0.1) is 0 Å². The van der Waals surface area contributed by atoms with Crippen LogP contribution in [0.5, 0.6) is 0 Å². The SMILES string of the molecule is CC(CCOS(=O)O)OS(=O)(=O)O. The van der Waals surface area contributed by atoms with Gasteiger partial charge < -0.3 is 0 Å². The monoisotopic (exact) mass is 234 g/mol. The molecule has 2 atom stereocenters. The predicted octanol–water partition coefficient (Wildman–Crippen LogP) is -0.262. The topological polar surface area (TPSA) is 110 Å². The van der Waals surface area contributed by atoms with Crippen molar-refractivity contribution in [3.05, 3.63) is 0 Å². The highest BCUT2D eigenvalue weighted by molar-refractivity contribution is 7.80. The van der Waals surface area contributed by atoms with Crippen molar-refractivity contribution in [1.29, 1.82) is 0 Å². The summed E-state index contributed by atoms with van der Waals surface area (Å²) in [6.07, 6.45) is -0.731.